The van der Waals surface area contributed by atoms with Crippen LogP contribution in [0.15, 0.2) is 55.2 Å². The van der Waals surface area contributed by atoms with E-state index in [1.807, 2.05) is 41.6 Å². The lowest BCUT2D eigenvalue weighted by atomic mass is 9.96. The third-order valence-electron chi connectivity index (χ3n) is 5.23. The molecule has 0 saturated carbocycles. The number of pyridine rings is 2. The molecule has 0 aromatic carbocycles. The maximum atomic E-state index is 12.6. The fourth-order valence-corrected chi connectivity index (χ4v) is 3.67. The van der Waals surface area contributed by atoms with Crippen LogP contribution >= 0.6 is 0 Å². The number of rotatable bonds is 4. The Morgan fingerprint density at radius 3 is 2.48 bits per heavy atom. The minimum absolute atomic E-state index is 0.0800. The van der Waals surface area contributed by atoms with Crippen molar-refractivity contribution in [1.82, 2.24) is 24.4 Å². The van der Waals surface area contributed by atoms with Crippen LogP contribution in [-0.4, -0.2) is 43.4 Å². The van der Waals surface area contributed by atoms with Crippen molar-refractivity contribution < 1.29 is 4.79 Å². The van der Waals surface area contributed by atoms with Crippen molar-refractivity contribution in [3.8, 4) is 11.4 Å². The van der Waals surface area contributed by atoms with Crippen molar-refractivity contribution in [2.75, 3.05) is 13.1 Å². The molecule has 0 unspecified atom stereocenters. The molecule has 0 aliphatic carbocycles. The first-order chi connectivity index (χ1) is 13.2. The van der Waals surface area contributed by atoms with E-state index in [1.54, 1.807) is 18.6 Å². The van der Waals surface area contributed by atoms with E-state index in [9.17, 15) is 4.79 Å². The Hall–Kier alpha value is -3.02. The maximum absolute atomic E-state index is 12.6. The van der Waals surface area contributed by atoms with Crippen molar-refractivity contribution in [2.45, 2.75) is 26.3 Å². The van der Waals surface area contributed by atoms with Gasteiger partial charge in [-0.25, -0.2) is 4.98 Å². The molecule has 0 radical (unpaired) electrons. The smallest absolute Gasteiger partial charge is 0.255 e. The molecule has 6 nitrogen and oxygen atoms in total. The van der Waals surface area contributed by atoms with Crippen molar-refractivity contribution >= 4 is 5.91 Å². The highest BCUT2D eigenvalue weighted by molar-refractivity contribution is 5.93. The molecule has 1 amide bonds. The Kier molecular flexibility index (Phi) is 4.96. The van der Waals surface area contributed by atoms with Gasteiger partial charge >= 0.3 is 0 Å². The topological polar surface area (TPSA) is 63.9 Å². The molecule has 3 aromatic heterocycles. The van der Waals surface area contributed by atoms with E-state index >= 15 is 0 Å². The molecule has 1 fully saturated rings. The number of carbonyl (C=O) groups is 1. The number of imidazole rings is 1. The SMILES string of the molecule is Cc1cnc(-c2cccnc2)n1CC1CCN(C(=O)c2cccnc2)CC1. The quantitative estimate of drug-likeness (QED) is 0.716. The van der Waals surface area contributed by atoms with Gasteiger partial charge in [-0.3, -0.25) is 14.8 Å². The molecule has 27 heavy (non-hydrogen) atoms. The van der Waals surface area contributed by atoms with Gasteiger partial charge in [0, 0.05) is 61.9 Å². The average molecular weight is 361 g/mol. The largest absolute Gasteiger partial charge is 0.339 e. The first kappa shape index (κ1) is 17.4. The number of aryl methyl sites for hydroxylation is 1. The average Bonchev–Trinajstić information content (AvgIpc) is 3.09. The number of likely N-dealkylation sites (tertiary alicyclic amines) is 1. The molecule has 0 bridgehead atoms. The van der Waals surface area contributed by atoms with Gasteiger partial charge < -0.3 is 9.47 Å². The van der Waals surface area contributed by atoms with Crippen molar-refractivity contribution in [3.05, 3.63) is 66.5 Å². The Morgan fingerprint density at radius 2 is 1.81 bits per heavy atom. The number of piperidine rings is 1. The summed E-state index contributed by atoms with van der Waals surface area (Å²) in [6.07, 6.45) is 10.9. The number of hydrogen-bond acceptors (Lipinski definition) is 4. The first-order valence-corrected chi connectivity index (χ1v) is 9.34. The van der Waals surface area contributed by atoms with Crippen LogP contribution in [0.4, 0.5) is 0 Å². The molecule has 4 rings (SSSR count). The molecule has 0 atom stereocenters. The third kappa shape index (κ3) is 3.74. The minimum atomic E-state index is 0.0800. The highest BCUT2D eigenvalue weighted by atomic mass is 16.2. The van der Waals surface area contributed by atoms with E-state index in [2.05, 4.69) is 26.4 Å². The van der Waals surface area contributed by atoms with Crippen LogP contribution in [0.1, 0.15) is 28.9 Å². The van der Waals surface area contributed by atoms with Gasteiger partial charge in [0.2, 0.25) is 0 Å². The zero-order valence-electron chi connectivity index (χ0n) is 15.5. The van der Waals surface area contributed by atoms with E-state index in [1.165, 1.54) is 0 Å². The standard InChI is InChI=1S/C21H23N5O/c1-16-12-24-20(18-4-2-8-22-13-18)26(16)15-17-6-10-25(11-7-17)21(27)19-5-3-9-23-14-19/h2-5,8-9,12-14,17H,6-7,10-11,15H2,1H3. The molecule has 0 N–H and O–H groups in total. The summed E-state index contributed by atoms with van der Waals surface area (Å²) in [5.74, 6) is 1.58. The summed E-state index contributed by atoms with van der Waals surface area (Å²) in [6, 6.07) is 7.62. The minimum Gasteiger partial charge on any atom is -0.339 e. The lowest BCUT2D eigenvalue weighted by Gasteiger charge is -2.32. The normalized spacial score (nSPS) is 15.1. The molecule has 1 aliphatic rings. The molecule has 1 aliphatic heterocycles. The van der Waals surface area contributed by atoms with Crippen molar-refractivity contribution in [1.29, 1.82) is 0 Å². The number of nitrogens with zero attached hydrogens (tertiary/aromatic N) is 5. The number of amides is 1. The van der Waals surface area contributed by atoms with Crippen molar-refractivity contribution in [2.24, 2.45) is 5.92 Å². The van der Waals surface area contributed by atoms with Gasteiger partial charge in [0.15, 0.2) is 0 Å². The molecular formula is C21H23N5O. The first-order valence-electron chi connectivity index (χ1n) is 9.34. The van der Waals surface area contributed by atoms with Crippen LogP contribution in [-0.2, 0) is 6.54 Å². The highest BCUT2D eigenvalue weighted by Gasteiger charge is 2.25. The number of hydrogen-bond donors (Lipinski definition) is 0. The van der Waals surface area contributed by atoms with Gasteiger partial charge in [0.05, 0.1) is 5.56 Å². The summed E-state index contributed by atoms with van der Waals surface area (Å²) in [5.41, 5.74) is 2.86. The van der Waals surface area contributed by atoms with Crippen LogP contribution in [0.2, 0.25) is 0 Å². The van der Waals surface area contributed by atoms with Crippen LogP contribution < -0.4 is 0 Å². The molecule has 3 aromatic rings. The zero-order valence-corrected chi connectivity index (χ0v) is 15.5. The fraction of sp³-hybridized carbons (Fsp3) is 0.333. The second kappa shape index (κ2) is 7.70. The van der Waals surface area contributed by atoms with Crippen molar-refractivity contribution in [3.63, 3.8) is 0 Å². The second-order valence-electron chi connectivity index (χ2n) is 7.05. The van der Waals surface area contributed by atoms with Crippen LogP contribution in [0.3, 0.4) is 0 Å². The molecule has 0 spiro atoms. The Labute approximate surface area is 158 Å². The monoisotopic (exact) mass is 361 g/mol. The summed E-state index contributed by atoms with van der Waals surface area (Å²) in [5, 5.41) is 0. The van der Waals surface area contributed by atoms with E-state index < -0.39 is 0 Å². The summed E-state index contributed by atoms with van der Waals surface area (Å²) < 4.78 is 2.28. The Morgan fingerprint density at radius 1 is 1.07 bits per heavy atom. The van der Waals surface area contributed by atoms with Gasteiger partial charge in [-0.1, -0.05) is 0 Å². The summed E-state index contributed by atoms with van der Waals surface area (Å²) in [7, 11) is 0. The zero-order chi connectivity index (χ0) is 18.6. The molecule has 6 heteroatoms. The molecule has 1 saturated heterocycles. The summed E-state index contributed by atoms with van der Waals surface area (Å²) >= 11 is 0. The number of aromatic nitrogens is 4. The summed E-state index contributed by atoms with van der Waals surface area (Å²) in [6.45, 7) is 4.58. The van der Waals surface area contributed by atoms with E-state index in [-0.39, 0.29) is 5.91 Å². The van der Waals surface area contributed by atoms with E-state index in [0.29, 0.717) is 11.5 Å². The van der Waals surface area contributed by atoms with Gasteiger partial charge in [0.25, 0.3) is 5.91 Å². The third-order valence-corrected chi connectivity index (χ3v) is 5.23. The number of carbonyl (C=O) groups excluding carboxylic acids is 1. The second-order valence-corrected chi connectivity index (χ2v) is 7.05. The maximum Gasteiger partial charge on any atom is 0.255 e. The molecule has 4 heterocycles. The Balaban J connectivity index is 1.42. The fourth-order valence-electron chi connectivity index (χ4n) is 3.67. The highest BCUT2D eigenvalue weighted by Crippen LogP contribution is 2.25. The lowest BCUT2D eigenvalue weighted by Crippen LogP contribution is -2.39. The molecular weight excluding hydrogens is 338 g/mol. The van der Waals surface area contributed by atoms with Gasteiger partial charge in [-0.2, -0.15) is 0 Å². The van der Waals surface area contributed by atoms with Gasteiger partial charge in [-0.15, -0.1) is 0 Å². The van der Waals surface area contributed by atoms with E-state index in [4.69, 9.17) is 0 Å². The predicted molar refractivity (Wildman–Crippen MR) is 103 cm³/mol. The molecule has 138 valence electrons. The lowest BCUT2D eigenvalue weighted by molar-refractivity contribution is 0.0682. The summed E-state index contributed by atoms with van der Waals surface area (Å²) in [4.78, 5) is 27.4. The van der Waals surface area contributed by atoms with Gasteiger partial charge in [0.1, 0.15) is 5.82 Å². The predicted octanol–water partition coefficient (Wildman–Crippen LogP) is 3.20. The van der Waals surface area contributed by atoms with Crippen LogP contribution in [0.5, 0.6) is 0 Å². The van der Waals surface area contributed by atoms with Gasteiger partial charge in [-0.05, 0) is 49.9 Å². The van der Waals surface area contributed by atoms with Crippen LogP contribution in [0.25, 0.3) is 11.4 Å². The Bertz CT molecular complexity index is 899. The van der Waals surface area contributed by atoms with Crippen LogP contribution in [0, 0.1) is 12.8 Å². The van der Waals surface area contributed by atoms with E-state index in [0.717, 1.165) is 49.6 Å².